The van der Waals surface area contributed by atoms with E-state index >= 15 is 0 Å². The van der Waals surface area contributed by atoms with Gasteiger partial charge in [-0.3, -0.25) is 5.32 Å². The summed E-state index contributed by atoms with van der Waals surface area (Å²) in [5.74, 6) is 0. The van der Waals surface area contributed by atoms with Crippen molar-refractivity contribution in [1.29, 1.82) is 0 Å². The van der Waals surface area contributed by atoms with Crippen LogP contribution in [0.2, 0.25) is 5.02 Å². The van der Waals surface area contributed by atoms with Gasteiger partial charge >= 0.3 is 6.09 Å². The molecule has 0 bridgehead atoms. The second-order valence-electron chi connectivity index (χ2n) is 7.56. The largest absolute Gasteiger partial charge is 0.444 e. The standard InChI is InChI=1S/C17H23ClN2O2/c1-15(2,3)22-14(21)20-11-4-5-12(13(18)10-11)16(6-7-16)17(19)8-9-17/h4-5,10H,6-9,19H2,1-3H3,(H,20,21). The highest BCUT2D eigenvalue weighted by Crippen LogP contribution is 2.64. The molecule has 120 valence electrons. The van der Waals surface area contributed by atoms with Crippen molar-refractivity contribution >= 4 is 23.4 Å². The Hall–Kier alpha value is -1.26. The molecule has 2 fully saturated rings. The molecule has 0 spiro atoms. The van der Waals surface area contributed by atoms with Crippen LogP contribution in [-0.4, -0.2) is 17.2 Å². The number of hydrogen-bond donors (Lipinski definition) is 2. The Morgan fingerprint density at radius 3 is 2.36 bits per heavy atom. The molecule has 0 atom stereocenters. The first-order valence-corrected chi connectivity index (χ1v) is 8.12. The fraction of sp³-hybridized carbons (Fsp3) is 0.588. The van der Waals surface area contributed by atoms with Gasteiger partial charge < -0.3 is 10.5 Å². The van der Waals surface area contributed by atoms with E-state index in [1.165, 1.54) is 0 Å². The minimum absolute atomic E-state index is 0.0501. The third-order valence-electron chi connectivity index (χ3n) is 4.62. The summed E-state index contributed by atoms with van der Waals surface area (Å²) in [5, 5.41) is 3.39. The highest BCUT2D eigenvalue weighted by molar-refractivity contribution is 6.32. The van der Waals surface area contributed by atoms with Gasteiger partial charge in [0.25, 0.3) is 0 Å². The molecule has 5 heteroatoms. The van der Waals surface area contributed by atoms with Gasteiger partial charge in [0.2, 0.25) is 0 Å². The van der Waals surface area contributed by atoms with Gasteiger partial charge in [-0.05, 0) is 64.2 Å². The number of carbonyl (C=O) groups is 1. The van der Waals surface area contributed by atoms with Gasteiger partial charge in [-0.25, -0.2) is 4.79 Å². The molecule has 0 unspecified atom stereocenters. The molecule has 1 amide bonds. The smallest absolute Gasteiger partial charge is 0.412 e. The van der Waals surface area contributed by atoms with Gasteiger partial charge in [-0.1, -0.05) is 17.7 Å². The molecule has 0 radical (unpaired) electrons. The SMILES string of the molecule is CC(C)(C)OC(=O)Nc1ccc(C2(C3(N)CC3)CC2)c(Cl)c1. The van der Waals surface area contributed by atoms with Crippen LogP contribution < -0.4 is 11.1 Å². The van der Waals surface area contributed by atoms with Crippen LogP contribution in [-0.2, 0) is 10.2 Å². The molecular weight excluding hydrogens is 300 g/mol. The predicted molar refractivity (Wildman–Crippen MR) is 88.4 cm³/mol. The van der Waals surface area contributed by atoms with E-state index in [1.54, 1.807) is 6.07 Å². The summed E-state index contributed by atoms with van der Waals surface area (Å²) < 4.78 is 5.24. The number of anilines is 1. The summed E-state index contributed by atoms with van der Waals surface area (Å²) in [7, 11) is 0. The van der Waals surface area contributed by atoms with Crippen molar-refractivity contribution in [3.05, 3.63) is 28.8 Å². The lowest BCUT2D eigenvalue weighted by atomic mass is 9.86. The molecule has 0 aromatic heterocycles. The number of hydrogen-bond acceptors (Lipinski definition) is 3. The normalized spacial score (nSPS) is 21.1. The van der Waals surface area contributed by atoms with Gasteiger partial charge in [-0.2, -0.15) is 0 Å². The minimum atomic E-state index is -0.524. The molecule has 2 aliphatic carbocycles. The predicted octanol–water partition coefficient (Wildman–Crippen LogP) is 4.21. The summed E-state index contributed by atoms with van der Waals surface area (Å²) in [6.07, 6.45) is 3.86. The zero-order chi connectivity index (χ0) is 16.2. The molecule has 1 aromatic carbocycles. The van der Waals surface area contributed by atoms with Crippen LogP contribution in [0.4, 0.5) is 10.5 Å². The van der Waals surface area contributed by atoms with Crippen LogP contribution >= 0.6 is 11.6 Å². The van der Waals surface area contributed by atoms with E-state index < -0.39 is 11.7 Å². The average molecular weight is 323 g/mol. The van der Waals surface area contributed by atoms with Gasteiger partial charge in [0.15, 0.2) is 0 Å². The molecule has 4 nitrogen and oxygen atoms in total. The monoisotopic (exact) mass is 322 g/mol. The fourth-order valence-corrected chi connectivity index (χ4v) is 3.54. The molecular formula is C17H23ClN2O2. The summed E-state index contributed by atoms with van der Waals surface area (Å²) in [4.78, 5) is 11.8. The van der Waals surface area contributed by atoms with E-state index in [1.807, 2.05) is 32.9 Å². The second-order valence-corrected chi connectivity index (χ2v) is 7.97. The molecule has 1 aromatic rings. The zero-order valence-electron chi connectivity index (χ0n) is 13.3. The van der Waals surface area contributed by atoms with E-state index in [-0.39, 0.29) is 11.0 Å². The van der Waals surface area contributed by atoms with Gasteiger partial charge in [0, 0.05) is 21.7 Å². The molecule has 2 aliphatic rings. The van der Waals surface area contributed by atoms with Crippen LogP contribution in [0, 0.1) is 0 Å². The van der Waals surface area contributed by atoms with Crippen molar-refractivity contribution in [3.8, 4) is 0 Å². The third-order valence-corrected chi connectivity index (χ3v) is 4.93. The number of nitrogens with two attached hydrogens (primary N) is 1. The van der Waals surface area contributed by atoms with Crippen molar-refractivity contribution in [2.24, 2.45) is 5.73 Å². The molecule has 3 rings (SSSR count). The van der Waals surface area contributed by atoms with Crippen molar-refractivity contribution in [3.63, 3.8) is 0 Å². The third kappa shape index (κ3) is 2.82. The lowest BCUT2D eigenvalue weighted by Gasteiger charge is -2.25. The summed E-state index contributed by atoms with van der Waals surface area (Å²) >= 11 is 6.46. The zero-order valence-corrected chi connectivity index (χ0v) is 14.1. The number of halogens is 1. The molecule has 0 heterocycles. The quantitative estimate of drug-likeness (QED) is 0.876. The first kappa shape index (κ1) is 15.6. The second kappa shape index (κ2) is 4.87. The summed E-state index contributed by atoms with van der Waals surface area (Å²) in [5.41, 5.74) is 7.64. The summed E-state index contributed by atoms with van der Waals surface area (Å²) in [6, 6.07) is 5.65. The van der Waals surface area contributed by atoms with E-state index in [9.17, 15) is 4.79 Å². The Kier molecular flexibility index (Phi) is 3.46. The first-order valence-electron chi connectivity index (χ1n) is 7.74. The Morgan fingerprint density at radius 2 is 1.91 bits per heavy atom. The Bertz CT molecular complexity index is 614. The number of benzene rings is 1. The van der Waals surface area contributed by atoms with Crippen molar-refractivity contribution in [1.82, 2.24) is 0 Å². The maximum absolute atomic E-state index is 11.8. The lowest BCUT2D eigenvalue weighted by Crippen LogP contribution is -2.37. The van der Waals surface area contributed by atoms with Crippen LogP contribution in [0.5, 0.6) is 0 Å². The van der Waals surface area contributed by atoms with Gasteiger partial charge in [0.05, 0.1) is 0 Å². The number of nitrogens with one attached hydrogen (secondary N) is 1. The molecule has 2 saturated carbocycles. The highest BCUT2D eigenvalue weighted by atomic mass is 35.5. The Balaban J connectivity index is 1.75. The highest BCUT2D eigenvalue weighted by Gasteiger charge is 2.64. The van der Waals surface area contributed by atoms with Gasteiger partial charge in [0.1, 0.15) is 5.60 Å². The molecule has 22 heavy (non-hydrogen) atoms. The van der Waals surface area contributed by atoms with E-state index in [4.69, 9.17) is 22.1 Å². The average Bonchev–Trinajstić information content (AvgIpc) is 3.23. The number of ether oxygens (including phenoxy) is 1. The lowest BCUT2D eigenvalue weighted by molar-refractivity contribution is 0.0636. The number of carbonyl (C=O) groups excluding carboxylic acids is 1. The van der Waals surface area contributed by atoms with E-state index in [0.29, 0.717) is 10.7 Å². The van der Waals surface area contributed by atoms with Crippen LogP contribution in [0.3, 0.4) is 0 Å². The van der Waals surface area contributed by atoms with Crippen LogP contribution in [0.15, 0.2) is 18.2 Å². The number of rotatable bonds is 3. The maximum atomic E-state index is 11.8. The van der Waals surface area contributed by atoms with Crippen molar-refractivity contribution in [2.45, 2.75) is 63.0 Å². The maximum Gasteiger partial charge on any atom is 0.412 e. The minimum Gasteiger partial charge on any atom is -0.444 e. The fourth-order valence-electron chi connectivity index (χ4n) is 3.18. The first-order chi connectivity index (χ1) is 10.2. The number of amides is 1. The van der Waals surface area contributed by atoms with Crippen LogP contribution in [0.25, 0.3) is 0 Å². The molecule has 0 saturated heterocycles. The summed E-state index contributed by atoms with van der Waals surface area (Å²) in [6.45, 7) is 5.49. The van der Waals surface area contributed by atoms with Crippen LogP contribution in [0.1, 0.15) is 52.0 Å². The van der Waals surface area contributed by atoms with Crippen molar-refractivity contribution < 1.29 is 9.53 Å². The molecule has 0 aliphatic heterocycles. The molecule has 3 N–H and O–H groups in total. The van der Waals surface area contributed by atoms with E-state index in [0.717, 1.165) is 31.2 Å². The topological polar surface area (TPSA) is 64.3 Å². The van der Waals surface area contributed by atoms with Crippen molar-refractivity contribution in [2.75, 3.05) is 5.32 Å². The Labute approximate surface area is 136 Å². The Morgan fingerprint density at radius 1 is 1.27 bits per heavy atom. The van der Waals surface area contributed by atoms with Gasteiger partial charge in [-0.15, -0.1) is 0 Å². The van der Waals surface area contributed by atoms with E-state index in [2.05, 4.69) is 5.32 Å².